The normalized spacial score (nSPS) is 23.8. The van der Waals surface area contributed by atoms with Gasteiger partial charge < -0.3 is 11.1 Å². The molecule has 0 spiro atoms. The number of nitrogens with two attached hydrogens (primary N) is 1. The second-order valence-corrected chi connectivity index (χ2v) is 4.81. The molecule has 0 bridgehead atoms. The standard InChI is InChI=1S/C13H24N2O/c1-3-10(2)12(14)13(16)15-9-11-7-5-4-6-8-11/h4-5,10-12H,3,6-9,14H2,1-2H3,(H,15,16). The molecule has 3 nitrogen and oxygen atoms in total. The van der Waals surface area contributed by atoms with Crippen LogP contribution in [0.1, 0.15) is 39.5 Å². The first-order valence-corrected chi connectivity index (χ1v) is 6.33. The predicted molar refractivity (Wildman–Crippen MR) is 66.9 cm³/mol. The number of carbonyl (C=O) groups is 1. The fraction of sp³-hybridized carbons (Fsp3) is 0.769. The summed E-state index contributed by atoms with van der Waals surface area (Å²) in [6.45, 7) is 4.85. The van der Waals surface area contributed by atoms with Gasteiger partial charge in [0.25, 0.3) is 0 Å². The summed E-state index contributed by atoms with van der Waals surface area (Å²) in [5.41, 5.74) is 5.86. The third-order valence-electron chi connectivity index (χ3n) is 3.50. The fourth-order valence-corrected chi connectivity index (χ4v) is 1.92. The van der Waals surface area contributed by atoms with Crippen molar-refractivity contribution >= 4 is 5.91 Å². The molecule has 3 unspecified atom stereocenters. The average molecular weight is 224 g/mol. The van der Waals surface area contributed by atoms with Gasteiger partial charge in [-0.15, -0.1) is 0 Å². The molecule has 3 N–H and O–H groups in total. The van der Waals surface area contributed by atoms with Crippen molar-refractivity contribution in [2.24, 2.45) is 17.6 Å². The number of allylic oxidation sites excluding steroid dienone is 2. The Kier molecular flexibility index (Phi) is 5.53. The molecule has 3 atom stereocenters. The Balaban J connectivity index is 2.26. The SMILES string of the molecule is CCC(C)C(N)C(=O)NCC1CC=CCC1. The van der Waals surface area contributed by atoms with Gasteiger partial charge in [0.05, 0.1) is 6.04 Å². The molecule has 0 saturated heterocycles. The minimum absolute atomic E-state index is 0.00361. The zero-order valence-corrected chi connectivity index (χ0v) is 10.4. The van der Waals surface area contributed by atoms with Crippen molar-refractivity contribution < 1.29 is 4.79 Å². The molecule has 1 aliphatic carbocycles. The summed E-state index contributed by atoms with van der Waals surface area (Å²) in [6, 6.07) is -0.357. The first kappa shape index (κ1) is 13.2. The molecule has 1 aliphatic rings. The maximum absolute atomic E-state index is 11.7. The fourth-order valence-electron chi connectivity index (χ4n) is 1.92. The molecule has 0 fully saturated rings. The Morgan fingerprint density at radius 1 is 1.56 bits per heavy atom. The summed E-state index contributed by atoms with van der Waals surface area (Å²) in [5, 5.41) is 2.97. The van der Waals surface area contributed by atoms with Crippen molar-refractivity contribution in [1.82, 2.24) is 5.32 Å². The Hall–Kier alpha value is -0.830. The molecule has 0 aliphatic heterocycles. The number of hydrogen-bond acceptors (Lipinski definition) is 2. The van der Waals surface area contributed by atoms with Crippen LogP contribution < -0.4 is 11.1 Å². The topological polar surface area (TPSA) is 55.1 Å². The first-order chi connectivity index (χ1) is 7.65. The second-order valence-electron chi connectivity index (χ2n) is 4.81. The molecule has 0 aromatic carbocycles. The number of nitrogens with one attached hydrogen (secondary N) is 1. The van der Waals surface area contributed by atoms with E-state index in [2.05, 4.69) is 24.4 Å². The summed E-state index contributed by atoms with van der Waals surface area (Å²) >= 11 is 0. The van der Waals surface area contributed by atoms with E-state index in [1.54, 1.807) is 0 Å². The molecule has 0 aromatic rings. The van der Waals surface area contributed by atoms with Crippen LogP contribution in [0.5, 0.6) is 0 Å². The van der Waals surface area contributed by atoms with E-state index in [4.69, 9.17) is 5.73 Å². The summed E-state index contributed by atoms with van der Waals surface area (Å²) in [5.74, 6) is 0.855. The minimum atomic E-state index is -0.357. The van der Waals surface area contributed by atoms with Gasteiger partial charge in [0.2, 0.25) is 5.91 Å². The Morgan fingerprint density at radius 2 is 2.31 bits per heavy atom. The smallest absolute Gasteiger partial charge is 0.237 e. The van der Waals surface area contributed by atoms with E-state index in [1.165, 1.54) is 6.42 Å². The van der Waals surface area contributed by atoms with E-state index in [1.807, 2.05) is 6.92 Å². The number of hydrogen-bond donors (Lipinski definition) is 2. The molecule has 0 aromatic heterocycles. The van der Waals surface area contributed by atoms with Crippen LogP contribution in [0.15, 0.2) is 12.2 Å². The highest BCUT2D eigenvalue weighted by atomic mass is 16.2. The third-order valence-corrected chi connectivity index (χ3v) is 3.50. The zero-order chi connectivity index (χ0) is 12.0. The van der Waals surface area contributed by atoms with Crippen LogP contribution in [-0.4, -0.2) is 18.5 Å². The van der Waals surface area contributed by atoms with Crippen LogP contribution in [0.3, 0.4) is 0 Å². The second kappa shape index (κ2) is 6.69. The lowest BCUT2D eigenvalue weighted by Crippen LogP contribution is -2.46. The van der Waals surface area contributed by atoms with Crippen LogP contribution in [-0.2, 0) is 4.79 Å². The van der Waals surface area contributed by atoms with E-state index in [0.29, 0.717) is 5.92 Å². The van der Waals surface area contributed by atoms with Crippen LogP contribution in [0.2, 0.25) is 0 Å². The molecule has 3 heteroatoms. The molecule has 16 heavy (non-hydrogen) atoms. The lowest BCUT2D eigenvalue weighted by molar-refractivity contribution is -0.123. The van der Waals surface area contributed by atoms with Gasteiger partial charge in [0, 0.05) is 6.54 Å². The van der Waals surface area contributed by atoms with E-state index in [0.717, 1.165) is 25.8 Å². The number of amides is 1. The van der Waals surface area contributed by atoms with E-state index >= 15 is 0 Å². The molecule has 92 valence electrons. The lowest BCUT2D eigenvalue weighted by atomic mass is 9.94. The maximum atomic E-state index is 11.7. The summed E-state index contributed by atoms with van der Waals surface area (Å²) in [7, 11) is 0. The highest BCUT2D eigenvalue weighted by molar-refractivity contribution is 5.81. The highest BCUT2D eigenvalue weighted by Crippen LogP contribution is 2.17. The van der Waals surface area contributed by atoms with Gasteiger partial charge in [-0.2, -0.15) is 0 Å². The lowest BCUT2D eigenvalue weighted by Gasteiger charge is -2.21. The van der Waals surface area contributed by atoms with Crippen molar-refractivity contribution in [1.29, 1.82) is 0 Å². The van der Waals surface area contributed by atoms with Crippen molar-refractivity contribution in [3.8, 4) is 0 Å². The number of carbonyl (C=O) groups excluding carboxylic acids is 1. The Labute approximate surface area is 98.5 Å². The quantitative estimate of drug-likeness (QED) is 0.700. The molecule has 0 radical (unpaired) electrons. The Morgan fingerprint density at radius 3 is 2.88 bits per heavy atom. The minimum Gasteiger partial charge on any atom is -0.354 e. The summed E-state index contributed by atoms with van der Waals surface area (Å²) in [6.07, 6.45) is 8.75. The average Bonchev–Trinajstić information content (AvgIpc) is 2.35. The van der Waals surface area contributed by atoms with Crippen molar-refractivity contribution in [3.05, 3.63) is 12.2 Å². The number of rotatable bonds is 5. The van der Waals surface area contributed by atoms with E-state index < -0.39 is 0 Å². The van der Waals surface area contributed by atoms with Gasteiger partial charge in [-0.1, -0.05) is 32.4 Å². The predicted octanol–water partition coefficient (Wildman–Crippen LogP) is 1.83. The van der Waals surface area contributed by atoms with E-state index in [9.17, 15) is 4.79 Å². The molecule has 1 amide bonds. The molecule has 0 saturated carbocycles. The van der Waals surface area contributed by atoms with Gasteiger partial charge in [0.1, 0.15) is 0 Å². The molecular formula is C13H24N2O. The maximum Gasteiger partial charge on any atom is 0.237 e. The largest absolute Gasteiger partial charge is 0.354 e. The van der Waals surface area contributed by atoms with Crippen LogP contribution in [0.4, 0.5) is 0 Å². The molecule has 0 heterocycles. The van der Waals surface area contributed by atoms with E-state index in [-0.39, 0.29) is 17.9 Å². The van der Waals surface area contributed by atoms with Gasteiger partial charge in [-0.25, -0.2) is 0 Å². The van der Waals surface area contributed by atoms with Crippen LogP contribution >= 0.6 is 0 Å². The zero-order valence-electron chi connectivity index (χ0n) is 10.4. The van der Waals surface area contributed by atoms with Crippen molar-refractivity contribution in [2.75, 3.05) is 6.54 Å². The third kappa shape index (κ3) is 3.97. The summed E-state index contributed by atoms with van der Waals surface area (Å²) in [4.78, 5) is 11.7. The monoisotopic (exact) mass is 224 g/mol. The molecular weight excluding hydrogens is 200 g/mol. The van der Waals surface area contributed by atoms with Gasteiger partial charge in [-0.3, -0.25) is 4.79 Å². The highest BCUT2D eigenvalue weighted by Gasteiger charge is 2.20. The summed E-state index contributed by atoms with van der Waals surface area (Å²) < 4.78 is 0. The van der Waals surface area contributed by atoms with Crippen molar-refractivity contribution in [3.63, 3.8) is 0 Å². The van der Waals surface area contributed by atoms with Gasteiger partial charge in [-0.05, 0) is 31.1 Å². The van der Waals surface area contributed by atoms with Gasteiger partial charge in [0.15, 0.2) is 0 Å². The van der Waals surface area contributed by atoms with Crippen LogP contribution in [0, 0.1) is 11.8 Å². The Bertz CT molecular complexity index is 250. The first-order valence-electron chi connectivity index (χ1n) is 6.33. The van der Waals surface area contributed by atoms with Crippen LogP contribution in [0.25, 0.3) is 0 Å². The van der Waals surface area contributed by atoms with Crippen molar-refractivity contribution in [2.45, 2.75) is 45.6 Å². The molecule has 1 rings (SSSR count). The van der Waals surface area contributed by atoms with Gasteiger partial charge >= 0.3 is 0 Å².